The third kappa shape index (κ3) is 1.45. The van der Waals surface area contributed by atoms with Crippen molar-refractivity contribution in [3.05, 3.63) is 42.1 Å². The first-order chi connectivity index (χ1) is 6.79. The Hall–Kier alpha value is -1.88. The van der Waals surface area contributed by atoms with Gasteiger partial charge in [0.1, 0.15) is 11.6 Å². The predicted octanol–water partition coefficient (Wildman–Crippen LogP) is 0.435. The molecule has 2 aromatic heterocycles. The van der Waals surface area contributed by atoms with E-state index in [1.807, 2.05) is 6.07 Å². The summed E-state index contributed by atoms with van der Waals surface area (Å²) in [5.74, 6) is 1.13. The van der Waals surface area contributed by atoms with Gasteiger partial charge in [-0.05, 0) is 6.07 Å². The Labute approximate surface area is 81.2 Å². The van der Waals surface area contributed by atoms with Gasteiger partial charge in [0.05, 0.1) is 6.04 Å². The van der Waals surface area contributed by atoms with Crippen molar-refractivity contribution in [1.82, 2.24) is 15.0 Å². The van der Waals surface area contributed by atoms with Gasteiger partial charge >= 0.3 is 0 Å². The largest absolute Gasteiger partial charge is 0.383 e. The summed E-state index contributed by atoms with van der Waals surface area (Å²) in [4.78, 5) is 11.0. The van der Waals surface area contributed by atoms with Crippen LogP contribution in [0.2, 0.25) is 0 Å². The van der Waals surface area contributed by atoms with E-state index in [2.05, 4.69) is 15.0 Å². The average Bonchev–Trinajstić information content (AvgIpc) is 2.70. The number of pyridine rings is 1. The molecule has 0 aliphatic heterocycles. The first kappa shape index (κ1) is 8.71. The van der Waals surface area contributed by atoms with E-state index in [-0.39, 0.29) is 6.04 Å². The minimum absolute atomic E-state index is 0.348. The summed E-state index contributed by atoms with van der Waals surface area (Å²) >= 11 is 0. The van der Waals surface area contributed by atoms with Crippen molar-refractivity contribution in [1.29, 1.82) is 0 Å². The molecule has 72 valence electrons. The monoisotopic (exact) mass is 189 g/mol. The molecule has 2 aromatic rings. The van der Waals surface area contributed by atoms with E-state index in [0.717, 1.165) is 5.56 Å². The molecule has 0 fully saturated rings. The van der Waals surface area contributed by atoms with E-state index in [0.29, 0.717) is 11.6 Å². The minimum atomic E-state index is -0.348. The zero-order valence-electron chi connectivity index (χ0n) is 7.51. The van der Waals surface area contributed by atoms with Gasteiger partial charge in [-0.1, -0.05) is 6.07 Å². The summed E-state index contributed by atoms with van der Waals surface area (Å²) in [6.07, 6.45) is 5.01. The van der Waals surface area contributed by atoms with Crippen molar-refractivity contribution >= 4 is 5.82 Å². The first-order valence-corrected chi connectivity index (χ1v) is 4.24. The topological polar surface area (TPSA) is 93.6 Å². The van der Waals surface area contributed by atoms with Crippen LogP contribution in [0, 0.1) is 0 Å². The third-order valence-corrected chi connectivity index (χ3v) is 2.02. The summed E-state index contributed by atoms with van der Waals surface area (Å²) < 4.78 is 0. The lowest BCUT2D eigenvalue weighted by Crippen LogP contribution is -2.15. The molecule has 2 heterocycles. The standard InChI is InChI=1S/C9H11N5/c10-7(9-13-4-5-14-9)6-2-1-3-12-8(6)11/h1-5,7H,10H2,(H2,11,12)(H,13,14). The molecule has 0 bridgehead atoms. The molecule has 14 heavy (non-hydrogen) atoms. The molecule has 2 rings (SSSR count). The van der Waals surface area contributed by atoms with Gasteiger partial charge in [0.15, 0.2) is 0 Å². The number of hydrogen-bond donors (Lipinski definition) is 3. The van der Waals surface area contributed by atoms with Crippen LogP contribution in [0.4, 0.5) is 5.82 Å². The average molecular weight is 189 g/mol. The lowest BCUT2D eigenvalue weighted by Gasteiger charge is -2.10. The van der Waals surface area contributed by atoms with E-state index in [4.69, 9.17) is 11.5 Å². The van der Waals surface area contributed by atoms with E-state index < -0.39 is 0 Å². The molecule has 1 unspecified atom stereocenters. The Kier molecular flexibility index (Phi) is 2.16. The zero-order chi connectivity index (χ0) is 9.97. The zero-order valence-corrected chi connectivity index (χ0v) is 7.51. The molecule has 0 spiro atoms. The summed E-state index contributed by atoms with van der Waals surface area (Å²) in [5, 5.41) is 0. The van der Waals surface area contributed by atoms with Crippen molar-refractivity contribution in [2.75, 3.05) is 5.73 Å². The van der Waals surface area contributed by atoms with Crippen LogP contribution in [0.25, 0.3) is 0 Å². The molecule has 0 aliphatic rings. The maximum Gasteiger partial charge on any atom is 0.128 e. The van der Waals surface area contributed by atoms with Crippen LogP contribution in [0.5, 0.6) is 0 Å². The predicted molar refractivity (Wildman–Crippen MR) is 53.3 cm³/mol. The van der Waals surface area contributed by atoms with Crippen molar-refractivity contribution in [3.8, 4) is 0 Å². The van der Waals surface area contributed by atoms with Crippen LogP contribution < -0.4 is 11.5 Å². The number of anilines is 1. The molecule has 0 radical (unpaired) electrons. The Bertz CT molecular complexity index is 409. The fraction of sp³-hybridized carbons (Fsp3) is 0.111. The van der Waals surface area contributed by atoms with Crippen molar-refractivity contribution in [2.24, 2.45) is 5.73 Å². The molecule has 5 N–H and O–H groups in total. The van der Waals surface area contributed by atoms with Crippen molar-refractivity contribution in [3.63, 3.8) is 0 Å². The van der Waals surface area contributed by atoms with Crippen molar-refractivity contribution < 1.29 is 0 Å². The second kappa shape index (κ2) is 3.47. The smallest absolute Gasteiger partial charge is 0.128 e. The lowest BCUT2D eigenvalue weighted by molar-refractivity contribution is 0.799. The number of nitrogens with one attached hydrogen (secondary N) is 1. The van der Waals surface area contributed by atoms with E-state index >= 15 is 0 Å². The third-order valence-electron chi connectivity index (χ3n) is 2.02. The number of aromatic amines is 1. The normalized spacial score (nSPS) is 12.6. The molecule has 0 aromatic carbocycles. The van der Waals surface area contributed by atoms with Gasteiger partial charge in [-0.15, -0.1) is 0 Å². The second-order valence-electron chi connectivity index (χ2n) is 2.93. The van der Waals surface area contributed by atoms with Gasteiger partial charge in [-0.25, -0.2) is 9.97 Å². The Morgan fingerprint density at radius 3 is 2.79 bits per heavy atom. The molecule has 0 amide bonds. The molecule has 0 aliphatic carbocycles. The molecule has 0 saturated carbocycles. The number of nitrogens with zero attached hydrogens (tertiary/aromatic N) is 2. The number of imidazole rings is 1. The van der Waals surface area contributed by atoms with Gasteiger partial charge in [-0.3, -0.25) is 0 Å². The van der Waals surface area contributed by atoms with Gasteiger partial charge < -0.3 is 16.5 Å². The Morgan fingerprint density at radius 2 is 2.14 bits per heavy atom. The van der Waals surface area contributed by atoms with Gasteiger partial charge in [0.25, 0.3) is 0 Å². The summed E-state index contributed by atoms with van der Waals surface area (Å²) in [5.41, 5.74) is 12.4. The molecular weight excluding hydrogens is 178 g/mol. The van der Waals surface area contributed by atoms with Gasteiger partial charge in [-0.2, -0.15) is 0 Å². The Morgan fingerprint density at radius 1 is 1.29 bits per heavy atom. The lowest BCUT2D eigenvalue weighted by atomic mass is 10.1. The summed E-state index contributed by atoms with van der Waals surface area (Å²) in [6.45, 7) is 0. The quantitative estimate of drug-likeness (QED) is 0.638. The molecule has 5 nitrogen and oxygen atoms in total. The van der Waals surface area contributed by atoms with Crippen LogP contribution in [0.15, 0.2) is 30.7 Å². The van der Waals surface area contributed by atoms with Crippen LogP contribution >= 0.6 is 0 Å². The summed E-state index contributed by atoms with van der Waals surface area (Å²) in [7, 11) is 0. The van der Waals surface area contributed by atoms with E-state index in [1.165, 1.54) is 0 Å². The van der Waals surface area contributed by atoms with Crippen LogP contribution in [0.3, 0.4) is 0 Å². The van der Waals surface area contributed by atoms with Crippen LogP contribution in [0.1, 0.15) is 17.4 Å². The minimum Gasteiger partial charge on any atom is -0.383 e. The molecule has 5 heteroatoms. The van der Waals surface area contributed by atoms with Crippen LogP contribution in [-0.2, 0) is 0 Å². The highest BCUT2D eigenvalue weighted by molar-refractivity contribution is 5.42. The maximum absolute atomic E-state index is 5.95. The van der Waals surface area contributed by atoms with E-state index in [1.54, 1.807) is 24.7 Å². The highest BCUT2D eigenvalue weighted by Gasteiger charge is 2.13. The number of H-pyrrole nitrogens is 1. The number of aromatic nitrogens is 3. The highest BCUT2D eigenvalue weighted by atomic mass is 14.9. The molecule has 1 atom stereocenters. The SMILES string of the molecule is Nc1ncccc1C(N)c1ncc[nH]1. The maximum atomic E-state index is 5.95. The van der Waals surface area contributed by atoms with Gasteiger partial charge in [0, 0.05) is 24.2 Å². The first-order valence-electron chi connectivity index (χ1n) is 4.24. The number of rotatable bonds is 2. The number of nitrogens with two attached hydrogens (primary N) is 2. The van der Waals surface area contributed by atoms with Gasteiger partial charge in [0.2, 0.25) is 0 Å². The number of hydrogen-bond acceptors (Lipinski definition) is 4. The molecule has 0 saturated heterocycles. The number of nitrogen functional groups attached to an aromatic ring is 1. The fourth-order valence-corrected chi connectivity index (χ4v) is 1.29. The van der Waals surface area contributed by atoms with E-state index in [9.17, 15) is 0 Å². The highest BCUT2D eigenvalue weighted by Crippen LogP contribution is 2.19. The summed E-state index contributed by atoms with van der Waals surface area (Å²) in [6, 6.07) is 3.29. The fourth-order valence-electron chi connectivity index (χ4n) is 1.29. The Balaban J connectivity index is 2.37. The molecular formula is C9H11N5. The second-order valence-corrected chi connectivity index (χ2v) is 2.93. The van der Waals surface area contributed by atoms with Crippen molar-refractivity contribution in [2.45, 2.75) is 6.04 Å². The van der Waals surface area contributed by atoms with Crippen LogP contribution in [-0.4, -0.2) is 15.0 Å².